The van der Waals surface area contributed by atoms with Crippen LogP contribution in [-0.2, 0) is 27.7 Å². The van der Waals surface area contributed by atoms with E-state index in [4.69, 9.17) is 9.88 Å². The minimum absolute atomic E-state index is 0.0291. The average molecular weight is 416 g/mol. The van der Waals surface area contributed by atoms with E-state index >= 15 is 0 Å². The first-order valence-corrected chi connectivity index (χ1v) is 11.0. The van der Waals surface area contributed by atoms with Crippen LogP contribution in [0, 0.1) is 0 Å². The van der Waals surface area contributed by atoms with Crippen molar-refractivity contribution in [2.45, 2.75) is 43.4 Å². The molecule has 2 aromatic carbocycles. The number of ketones is 1. The predicted molar refractivity (Wildman–Crippen MR) is 110 cm³/mol. The van der Waals surface area contributed by atoms with Crippen molar-refractivity contribution >= 4 is 27.4 Å². The number of aryl methyl sites for hydroxylation is 2. The zero-order valence-electron chi connectivity index (χ0n) is 16.2. The van der Waals surface area contributed by atoms with Crippen molar-refractivity contribution in [3.63, 3.8) is 0 Å². The van der Waals surface area contributed by atoms with Gasteiger partial charge in [0.2, 0.25) is 15.9 Å². The molecular formula is C21H24N2O5S. The Morgan fingerprint density at radius 3 is 2.45 bits per heavy atom. The van der Waals surface area contributed by atoms with Crippen molar-refractivity contribution in [1.82, 2.24) is 0 Å². The summed E-state index contributed by atoms with van der Waals surface area (Å²) in [6.07, 6.45) is 4.37. The average Bonchev–Trinajstić information content (AvgIpc) is 2.71. The molecule has 1 aliphatic rings. The zero-order chi connectivity index (χ0) is 21.0. The molecule has 0 unspecified atom stereocenters. The fourth-order valence-corrected chi connectivity index (χ4v) is 3.99. The summed E-state index contributed by atoms with van der Waals surface area (Å²) in [5, 5.41) is 7.73. The van der Waals surface area contributed by atoms with Gasteiger partial charge in [0, 0.05) is 18.4 Å². The fraction of sp³-hybridized carbons (Fsp3) is 0.333. The largest absolute Gasteiger partial charge is 0.495 e. The van der Waals surface area contributed by atoms with Gasteiger partial charge in [-0.15, -0.1) is 0 Å². The smallest absolute Gasteiger partial charge is 0.238 e. The maximum absolute atomic E-state index is 12.5. The lowest BCUT2D eigenvalue weighted by Crippen LogP contribution is -2.16. The van der Waals surface area contributed by atoms with Gasteiger partial charge in [0.05, 0.1) is 17.7 Å². The van der Waals surface area contributed by atoms with Crippen LogP contribution >= 0.6 is 0 Å². The number of hydrogen-bond acceptors (Lipinski definition) is 5. The number of hydrogen-bond donors (Lipinski definition) is 2. The summed E-state index contributed by atoms with van der Waals surface area (Å²) in [7, 11) is -2.51. The lowest BCUT2D eigenvalue weighted by molar-refractivity contribution is -0.116. The van der Waals surface area contributed by atoms with Crippen LogP contribution < -0.4 is 15.2 Å². The Kier molecular flexibility index (Phi) is 6.34. The first-order valence-electron chi connectivity index (χ1n) is 9.43. The van der Waals surface area contributed by atoms with Crippen molar-refractivity contribution in [2.24, 2.45) is 5.14 Å². The Hall–Kier alpha value is -2.71. The standard InChI is InChI=1S/C21H24N2O5S/c1-28-20-10-8-17(29(22,26)27)13-18(20)23-21(25)11-9-19(24)16-7-6-14-4-2-3-5-15(14)12-16/h6-8,10,12-13H,2-5,9,11H2,1H3,(H,23,25)(H2,22,26,27). The second kappa shape index (κ2) is 8.75. The van der Waals surface area contributed by atoms with Crippen LogP contribution in [-0.4, -0.2) is 27.2 Å². The molecule has 154 valence electrons. The second-order valence-electron chi connectivity index (χ2n) is 7.07. The van der Waals surface area contributed by atoms with Crippen molar-refractivity contribution in [1.29, 1.82) is 0 Å². The van der Waals surface area contributed by atoms with Crippen molar-refractivity contribution in [3.8, 4) is 5.75 Å². The molecule has 0 bridgehead atoms. The number of Topliss-reactive ketones (excluding diaryl/α,β-unsaturated/α-hetero) is 1. The minimum atomic E-state index is -3.92. The van der Waals surface area contributed by atoms with Crippen LogP contribution in [0.3, 0.4) is 0 Å². The molecule has 3 N–H and O–H groups in total. The molecule has 0 fully saturated rings. The van der Waals surface area contributed by atoms with Gasteiger partial charge >= 0.3 is 0 Å². The van der Waals surface area contributed by atoms with Crippen LogP contribution in [0.15, 0.2) is 41.3 Å². The van der Waals surface area contributed by atoms with Gasteiger partial charge < -0.3 is 10.1 Å². The van der Waals surface area contributed by atoms with Crippen LogP contribution in [0.2, 0.25) is 0 Å². The zero-order valence-corrected chi connectivity index (χ0v) is 17.1. The van der Waals surface area contributed by atoms with Gasteiger partial charge in [0.25, 0.3) is 0 Å². The number of ether oxygens (including phenoxy) is 1. The lowest BCUT2D eigenvalue weighted by atomic mass is 9.89. The SMILES string of the molecule is COc1ccc(S(N)(=O)=O)cc1NC(=O)CCC(=O)c1ccc2c(c1)CCCC2. The molecule has 8 heteroatoms. The number of primary sulfonamides is 1. The molecule has 1 amide bonds. The van der Waals surface area contributed by atoms with E-state index < -0.39 is 15.9 Å². The third-order valence-electron chi connectivity index (χ3n) is 5.02. The molecule has 0 saturated carbocycles. The monoisotopic (exact) mass is 416 g/mol. The number of nitrogens with one attached hydrogen (secondary N) is 1. The summed E-state index contributed by atoms with van der Waals surface area (Å²) in [5.74, 6) is -0.216. The highest BCUT2D eigenvalue weighted by Crippen LogP contribution is 2.27. The number of benzene rings is 2. The maximum atomic E-state index is 12.5. The lowest BCUT2D eigenvalue weighted by Gasteiger charge is -2.16. The van der Waals surface area contributed by atoms with Gasteiger partial charge in [-0.25, -0.2) is 13.6 Å². The Bertz CT molecular complexity index is 1050. The van der Waals surface area contributed by atoms with E-state index in [-0.39, 0.29) is 29.2 Å². The minimum Gasteiger partial charge on any atom is -0.495 e. The molecule has 7 nitrogen and oxygen atoms in total. The number of carbonyl (C=O) groups is 2. The number of anilines is 1. The van der Waals surface area contributed by atoms with E-state index in [1.807, 2.05) is 18.2 Å². The molecule has 3 rings (SSSR count). The predicted octanol–water partition coefficient (Wildman–Crippen LogP) is 2.82. The molecule has 0 heterocycles. The molecule has 1 aliphatic carbocycles. The third kappa shape index (κ3) is 5.21. The fourth-order valence-electron chi connectivity index (χ4n) is 3.45. The quantitative estimate of drug-likeness (QED) is 0.674. The van der Waals surface area contributed by atoms with E-state index in [1.165, 1.54) is 42.9 Å². The van der Waals surface area contributed by atoms with E-state index in [0.29, 0.717) is 11.3 Å². The van der Waals surface area contributed by atoms with E-state index in [2.05, 4.69) is 5.32 Å². The number of rotatable bonds is 7. The van der Waals surface area contributed by atoms with E-state index in [0.717, 1.165) is 19.3 Å². The van der Waals surface area contributed by atoms with Gasteiger partial charge in [-0.1, -0.05) is 12.1 Å². The van der Waals surface area contributed by atoms with Crippen LogP contribution in [0.1, 0.15) is 47.2 Å². The summed E-state index contributed by atoms with van der Waals surface area (Å²) in [5.41, 5.74) is 3.32. The highest BCUT2D eigenvalue weighted by Gasteiger charge is 2.16. The summed E-state index contributed by atoms with van der Waals surface area (Å²) in [4.78, 5) is 24.7. The number of sulfonamides is 1. The van der Waals surface area contributed by atoms with E-state index in [1.54, 1.807) is 0 Å². The summed E-state index contributed by atoms with van der Waals surface area (Å²) in [6, 6.07) is 9.70. The molecule has 0 atom stereocenters. The second-order valence-corrected chi connectivity index (χ2v) is 8.63. The first kappa shape index (κ1) is 21.0. The number of fused-ring (bicyclic) bond motifs is 1. The Labute approximate surface area is 170 Å². The van der Waals surface area contributed by atoms with E-state index in [9.17, 15) is 18.0 Å². The number of nitrogens with two attached hydrogens (primary N) is 1. The molecule has 2 aromatic rings. The first-order chi connectivity index (χ1) is 13.8. The molecule has 0 spiro atoms. The summed E-state index contributed by atoms with van der Waals surface area (Å²) in [6.45, 7) is 0. The molecule has 0 radical (unpaired) electrons. The number of amides is 1. The van der Waals surface area contributed by atoms with Crippen molar-refractivity contribution < 1.29 is 22.7 Å². The van der Waals surface area contributed by atoms with Crippen LogP contribution in [0.4, 0.5) is 5.69 Å². The number of methoxy groups -OCH3 is 1. The molecular weight excluding hydrogens is 392 g/mol. The highest BCUT2D eigenvalue weighted by molar-refractivity contribution is 7.89. The van der Waals surface area contributed by atoms with Gasteiger partial charge in [0.15, 0.2) is 5.78 Å². The molecule has 0 aromatic heterocycles. The summed E-state index contributed by atoms with van der Waals surface area (Å²) < 4.78 is 28.2. The van der Waals surface area contributed by atoms with Crippen molar-refractivity contribution in [3.05, 3.63) is 53.1 Å². The Balaban J connectivity index is 1.65. The van der Waals surface area contributed by atoms with Crippen LogP contribution in [0.25, 0.3) is 0 Å². The van der Waals surface area contributed by atoms with Gasteiger partial charge in [0.1, 0.15) is 5.75 Å². The molecule has 0 saturated heterocycles. The highest BCUT2D eigenvalue weighted by atomic mass is 32.2. The maximum Gasteiger partial charge on any atom is 0.238 e. The van der Waals surface area contributed by atoms with Gasteiger partial charge in [-0.3, -0.25) is 9.59 Å². The number of carbonyl (C=O) groups excluding carboxylic acids is 2. The third-order valence-corrected chi connectivity index (χ3v) is 5.93. The van der Waals surface area contributed by atoms with Crippen molar-refractivity contribution in [2.75, 3.05) is 12.4 Å². The van der Waals surface area contributed by atoms with Gasteiger partial charge in [-0.2, -0.15) is 0 Å². The Morgan fingerprint density at radius 2 is 1.76 bits per heavy atom. The summed E-state index contributed by atoms with van der Waals surface area (Å²) >= 11 is 0. The van der Waals surface area contributed by atoms with Crippen LogP contribution in [0.5, 0.6) is 5.75 Å². The normalized spacial score (nSPS) is 13.4. The van der Waals surface area contributed by atoms with Gasteiger partial charge in [-0.05, 0) is 61.1 Å². The molecule has 0 aliphatic heterocycles. The topological polar surface area (TPSA) is 116 Å². The Morgan fingerprint density at radius 1 is 1.03 bits per heavy atom. The molecule has 29 heavy (non-hydrogen) atoms.